The minimum atomic E-state index is -0.908. The van der Waals surface area contributed by atoms with Crippen molar-refractivity contribution in [2.75, 3.05) is 7.11 Å². The normalized spacial score (nSPS) is 17.6. The first-order chi connectivity index (χ1) is 6.99. The molecule has 3 nitrogen and oxygen atoms in total. The number of aliphatic hydroxyl groups is 1. The summed E-state index contributed by atoms with van der Waals surface area (Å²) in [4.78, 5) is 0. The first-order valence-electron chi connectivity index (χ1n) is 4.78. The number of aromatic hydroxyl groups is 1. The lowest BCUT2D eigenvalue weighted by Crippen LogP contribution is -2.06. The van der Waals surface area contributed by atoms with Crippen molar-refractivity contribution in [2.24, 2.45) is 0 Å². The van der Waals surface area contributed by atoms with Crippen molar-refractivity contribution in [3.8, 4) is 11.5 Å². The molecular weight excluding hydrogens is 216 g/mol. The average Bonchev–Trinajstić information content (AvgIpc) is 2.92. The highest BCUT2D eigenvalue weighted by molar-refractivity contribution is 6.31. The second kappa shape index (κ2) is 3.29. The van der Waals surface area contributed by atoms with Gasteiger partial charge < -0.3 is 14.9 Å². The molecule has 1 aromatic rings. The molecule has 1 aliphatic carbocycles. The number of phenols is 1. The van der Waals surface area contributed by atoms with Crippen LogP contribution in [-0.4, -0.2) is 17.3 Å². The van der Waals surface area contributed by atoms with Crippen LogP contribution in [-0.2, 0) is 5.60 Å². The Bertz CT molecular complexity index is 411. The minimum absolute atomic E-state index is 0.000556. The lowest BCUT2D eigenvalue weighted by molar-refractivity contribution is 0.147. The molecule has 0 saturated heterocycles. The highest BCUT2D eigenvalue weighted by Gasteiger charge is 2.45. The molecule has 1 aromatic carbocycles. The molecule has 0 radical (unpaired) electrons. The number of benzene rings is 1. The zero-order valence-electron chi connectivity index (χ0n) is 8.67. The fourth-order valence-corrected chi connectivity index (χ4v) is 1.90. The maximum absolute atomic E-state index is 9.94. The molecule has 0 spiro atoms. The van der Waals surface area contributed by atoms with Crippen LogP contribution < -0.4 is 4.74 Å². The third kappa shape index (κ3) is 1.56. The molecule has 1 aliphatic rings. The van der Waals surface area contributed by atoms with Gasteiger partial charge in [-0.2, -0.15) is 0 Å². The van der Waals surface area contributed by atoms with Gasteiger partial charge in [0.15, 0.2) is 11.5 Å². The second-order valence-corrected chi connectivity index (χ2v) is 4.35. The fraction of sp³-hybridized carbons (Fsp3) is 0.455. The number of methoxy groups -OCH3 is 1. The number of hydrogen-bond donors (Lipinski definition) is 2. The van der Waals surface area contributed by atoms with Crippen LogP contribution in [0, 0.1) is 6.92 Å². The monoisotopic (exact) mass is 228 g/mol. The van der Waals surface area contributed by atoms with E-state index in [1.165, 1.54) is 7.11 Å². The van der Waals surface area contributed by atoms with E-state index in [4.69, 9.17) is 16.3 Å². The summed E-state index contributed by atoms with van der Waals surface area (Å²) < 4.78 is 5.07. The molecule has 2 rings (SSSR count). The highest BCUT2D eigenvalue weighted by Crippen LogP contribution is 2.52. The van der Waals surface area contributed by atoms with Crippen LogP contribution in [0.2, 0.25) is 5.02 Å². The molecule has 4 heteroatoms. The first-order valence-corrected chi connectivity index (χ1v) is 5.16. The van der Waals surface area contributed by atoms with Crippen molar-refractivity contribution in [1.29, 1.82) is 0 Å². The summed E-state index contributed by atoms with van der Waals surface area (Å²) in [6.07, 6.45) is 1.31. The molecule has 82 valence electrons. The third-order valence-corrected chi connectivity index (χ3v) is 3.26. The molecule has 1 fully saturated rings. The minimum Gasteiger partial charge on any atom is -0.504 e. The van der Waals surface area contributed by atoms with Crippen molar-refractivity contribution >= 4 is 11.6 Å². The van der Waals surface area contributed by atoms with E-state index in [-0.39, 0.29) is 5.75 Å². The Labute approximate surface area is 93.3 Å². The predicted octanol–water partition coefficient (Wildman–Crippen LogP) is 2.34. The molecule has 0 heterocycles. The van der Waals surface area contributed by atoms with E-state index in [0.29, 0.717) is 34.7 Å². The number of ether oxygens (including phenoxy) is 1. The molecular formula is C11H13ClO3. The second-order valence-electron chi connectivity index (χ2n) is 3.94. The van der Waals surface area contributed by atoms with Crippen LogP contribution in [0.3, 0.4) is 0 Å². The van der Waals surface area contributed by atoms with Gasteiger partial charge in [-0.3, -0.25) is 0 Å². The van der Waals surface area contributed by atoms with Gasteiger partial charge in [-0.05, 0) is 25.8 Å². The number of hydrogen-bond acceptors (Lipinski definition) is 3. The summed E-state index contributed by atoms with van der Waals surface area (Å²) in [5.74, 6) is 0.345. The number of rotatable bonds is 2. The Morgan fingerprint density at radius 1 is 1.47 bits per heavy atom. The van der Waals surface area contributed by atoms with E-state index >= 15 is 0 Å². The highest BCUT2D eigenvalue weighted by atomic mass is 35.5. The topological polar surface area (TPSA) is 49.7 Å². The van der Waals surface area contributed by atoms with Crippen LogP contribution >= 0.6 is 11.6 Å². The summed E-state index contributed by atoms with van der Waals surface area (Å²) in [6.45, 7) is 1.77. The molecule has 0 aliphatic heterocycles. The van der Waals surface area contributed by atoms with E-state index < -0.39 is 5.60 Å². The van der Waals surface area contributed by atoms with Crippen LogP contribution in [0.15, 0.2) is 6.07 Å². The zero-order valence-corrected chi connectivity index (χ0v) is 9.43. The Morgan fingerprint density at radius 3 is 2.53 bits per heavy atom. The summed E-state index contributed by atoms with van der Waals surface area (Å²) in [6, 6.07) is 1.61. The summed E-state index contributed by atoms with van der Waals surface area (Å²) in [7, 11) is 1.47. The molecule has 1 saturated carbocycles. The maximum Gasteiger partial charge on any atom is 0.165 e. The van der Waals surface area contributed by atoms with E-state index in [0.717, 1.165) is 0 Å². The van der Waals surface area contributed by atoms with Gasteiger partial charge in [-0.1, -0.05) is 11.6 Å². The zero-order chi connectivity index (χ0) is 11.2. The quantitative estimate of drug-likeness (QED) is 0.817. The van der Waals surface area contributed by atoms with E-state index in [9.17, 15) is 10.2 Å². The van der Waals surface area contributed by atoms with Crippen LogP contribution in [0.5, 0.6) is 11.5 Å². The van der Waals surface area contributed by atoms with Gasteiger partial charge in [0.2, 0.25) is 0 Å². The molecule has 0 atom stereocenters. The number of halogens is 1. The van der Waals surface area contributed by atoms with Crippen molar-refractivity contribution in [3.63, 3.8) is 0 Å². The first kappa shape index (κ1) is 10.6. The summed E-state index contributed by atoms with van der Waals surface area (Å²) in [5.41, 5.74) is 0.244. The Kier molecular flexibility index (Phi) is 2.32. The SMILES string of the molecule is COc1c(C)c(Cl)cc(C2(O)CC2)c1O. The standard InChI is InChI=1S/C11H13ClO3/c1-6-8(12)5-7(11(14)3-4-11)9(13)10(6)15-2/h5,13-14H,3-4H2,1-2H3. The van der Waals surface area contributed by atoms with Gasteiger partial charge >= 0.3 is 0 Å². The Balaban J connectivity index is 2.62. The van der Waals surface area contributed by atoms with Gasteiger partial charge in [0.05, 0.1) is 12.7 Å². The third-order valence-electron chi connectivity index (χ3n) is 2.87. The van der Waals surface area contributed by atoms with Crippen LogP contribution in [0.25, 0.3) is 0 Å². The lowest BCUT2D eigenvalue weighted by Gasteiger charge is -2.16. The predicted molar refractivity (Wildman–Crippen MR) is 57.5 cm³/mol. The average molecular weight is 229 g/mol. The smallest absolute Gasteiger partial charge is 0.165 e. The van der Waals surface area contributed by atoms with Crippen LogP contribution in [0.1, 0.15) is 24.0 Å². The Hall–Kier alpha value is -0.930. The maximum atomic E-state index is 9.94. The van der Waals surface area contributed by atoms with Gasteiger partial charge in [0, 0.05) is 16.1 Å². The van der Waals surface area contributed by atoms with Crippen molar-refractivity contribution in [2.45, 2.75) is 25.4 Å². The summed E-state index contributed by atoms with van der Waals surface area (Å²) in [5, 5.41) is 20.4. The molecule has 0 bridgehead atoms. The molecule has 0 amide bonds. The number of phenolic OH excluding ortho intramolecular Hbond substituents is 1. The van der Waals surface area contributed by atoms with Crippen molar-refractivity contribution < 1.29 is 14.9 Å². The lowest BCUT2D eigenvalue weighted by atomic mass is 10.0. The molecule has 0 aromatic heterocycles. The largest absolute Gasteiger partial charge is 0.504 e. The molecule has 2 N–H and O–H groups in total. The van der Waals surface area contributed by atoms with Crippen molar-refractivity contribution in [1.82, 2.24) is 0 Å². The fourth-order valence-electron chi connectivity index (χ4n) is 1.70. The van der Waals surface area contributed by atoms with Gasteiger partial charge in [-0.25, -0.2) is 0 Å². The van der Waals surface area contributed by atoms with Crippen LogP contribution in [0.4, 0.5) is 0 Å². The molecule has 15 heavy (non-hydrogen) atoms. The van der Waals surface area contributed by atoms with E-state index in [1.807, 2.05) is 0 Å². The van der Waals surface area contributed by atoms with Crippen molar-refractivity contribution in [3.05, 3.63) is 22.2 Å². The van der Waals surface area contributed by atoms with Gasteiger partial charge in [-0.15, -0.1) is 0 Å². The Morgan fingerprint density at radius 2 is 2.07 bits per heavy atom. The molecule has 0 unspecified atom stereocenters. The van der Waals surface area contributed by atoms with E-state index in [2.05, 4.69) is 0 Å². The summed E-state index contributed by atoms with van der Waals surface area (Å²) >= 11 is 6.00. The van der Waals surface area contributed by atoms with Gasteiger partial charge in [0.1, 0.15) is 0 Å². The van der Waals surface area contributed by atoms with Gasteiger partial charge in [0.25, 0.3) is 0 Å². The van der Waals surface area contributed by atoms with E-state index in [1.54, 1.807) is 13.0 Å².